The number of nitrogens with zero attached hydrogens (tertiary/aromatic N) is 3. The van der Waals surface area contributed by atoms with E-state index in [1.807, 2.05) is 12.1 Å². The van der Waals surface area contributed by atoms with Crippen molar-refractivity contribution in [3.63, 3.8) is 0 Å². The van der Waals surface area contributed by atoms with E-state index in [1.54, 1.807) is 12.3 Å². The van der Waals surface area contributed by atoms with Crippen LogP contribution in [-0.4, -0.2) is 21.3 Å². The molecular weight excluding hydrogens is 352 g/mol. The molecule has 2 aromatic heterocycles. The summed E-state index contributed by atoms with van der Waals surface area (Å²) in [6.07, 6.45) is 4.99. The number of benzene rings is 2. The molecule has 0 aliphatic rings. The highest BCUT2D eigenvalue weighted by Crippen LogP contribution is 2.21. The first-order chi connectivity index (χ1) is 13.8. The van der Waals surface area contributed by atoms with Gasteiger partial charge in [0, 0.05) is 18.8 Å². The van der Waals surface area contributed by atoms with Gasteiger partial charge in [0.1, 0.15) is 12.9 Å². The molecule has 0 bridgehead atoms. The summed E-state index contributed by atoms with van der Waals surface area (Å²) in [5.41, 5.74) is 2.05. The first-order valence-corrected chi connectivity index (χ1v) is 9.47. The Balaban J connectivity index is 1.63. The van der Waals surface area contributed by atoms with Gasteiger partial charge in [-0.1, -0.05) is 49.7 Å². The van der Waals surface area contributed by atoms with Crippen LogP contribution in [0.3, 0.4) is 0 Å². The second-order valence-corrected chi connectivity index (χ2v) is 6.67. The average Bonchev–Trinajstić information content (AvgIpc) is 2.74. The maximum Gasteiger partial charge on any atom is 0.287 e. The van der Waals surface area contributed by atoms with Gasteiger partial charge in [0.25, 0.3) is 5.56 Å². The van der Waals surface area contributed by atoms with E-state index in [-0.39, 0.29) is 5.56 Å². The molecule has 0 saturated carbocycles. The Kier molecular flexibility index (Phi) is 5.19. The first-order valence-electron chi connectivity index (χ1n) is 9.47. The van der Waals surface area contributed by atoms with E-state index in [9.17, 15) is 4.79 Å². The monoisotopic (exact) mass is 374 g/mol. The Morgan fingerprint density at radius 1 is 1.11 bits per heavy atom. The molecule has 0 unspecified atom stereocenters. The van der Waals surface area contributed by atoms with Crippen molar-refractivity contribution in [2.75, 3.05) is 11.9 Å². The number of rotatable bonds is 7. The molecule has 0 aliphatic carbocycles. The fourth-order valence-corrected chi connectivity index (χ4v) is 3.16. The molecule has 4 aromatic rings. The minimum atomic E-state index is -0.247. The van der Waals surface area contributed by atoms with E-state index in [2.05, 4.69) is 52.5 Å². The fraction of sp³-hybridized carbons (Fsp3) is 0.227. The quantitative estimate of drug-likeness (QED) is 0.499. The van der Waals surface area contributed by atoms with Gasteiger partial charge in [-0.3, -0.25) is 4.79 Å². The van der Waals surface area contributed by atoms with E-state index in [0.29, 0.717) is 24.5 Å². The van der Waals surface area contributed by atoms with E-state index in [4.69, 9.17) is 4.84 Å². The van der Waals surface area contributed by atoms with E-state index < -0.39 is 0 Å². The van der Waals surface area contributed by atoms with E-state index in [0.717, 1.165) is 23.8 Å². The van der Waals surface area contributed by atoms with Crippen molar-refractivity contribution in [2.24, 2.45) is 0 Å². The molecule has 0 atom stereocenters. The second kappa shape index (κ2) is 8.08. The molecule has 4 rings (SSSR count). The fourth-order valence-electron chi connectivity index (χ4n) is 3.16. The normalized spacial score (nSPS) is 11.0. The molecule has 0 fully saturated rings. The molecule has 142 valence electrons. The zero-order valence-electron chi connectivity index (χ0n) is 15.8. The number of fused-ring (bicyclic) bond motifs is 2. The van der Waals surface area contributed by atoms with Gasteiger partial charge in [0.15, 0.2) is 5.65 Å². The van der Waals surface area contributed by atoms with Crippen LogP contribution in [0.1, 0.15) is 25.3 Å². The third kappa shape index (κ3) is 3.67. The Hall–Kier alpha value is -3.41. The lowest BCUT2D eigenvalue weighted by atomic mass is 10.1. The Morgan fingerprint density at radius 2 is 1.96 bits per heavy atom. The highest BCUT2D eigenvalue weighted by molar-refractivity contribution is 5.88. The zero-order valence-corrected chi connectivity index (χ0v) is 15.8. The summed E-state index contributed by atoms with van der Waals surface area (Å²) in [5, 5.41) is 6.50. The summed E-state index contributed by atoms with van der Waals surface area (Å²) in [5.74, 6) is 0. The summed E-state index contributed by atoms with van der Waals surface area (Å²) in [7, 11) is 0. The SMILES string of the molecule is CCCCOn1c(=O)cc(NCc2ccc3ccccc3c2)c2cncnc21. The van der Waals surface area contributed by atoms with E-state index >= 15 is 0 Å². The maximum absolute atomic E-state index is 12.6. The molecule has 0 spiro atoms. The molecule has 1 N–H and O–H groups in total. The number of aromatic nitrogens is 3. The maximum atomic E-state index is 12.6. The lowest BCUT2D eigenvalue weighted by molar-refractivity contribution is 0.108. The summed E-state index contributed by atoms with van der Waals surface area (Å²) in [6.45, 7) is 3.14. The van der Waals surface area contributed by atoms with Crippen molar-refractivity contribution < 1.29 is 4.84 Å². The highest BCUT2D eigenvalue weighted by Gasteiger charge is 2.11. The van der Waals surface area contributed by atoms with Gasteiger partial charge >= 0.3 is 0 Å². The largest absolute Gasteiger partial charge is 0.409 e. The number of unbranched alkanes of at least 4 members (excludes halogenated alkanes) is 1. The van der Waals surface area contributed by atoms with Crippen LogP contribution >= 0.6 is 0 Å². The summed E-state index contributed by atoms with van der Waals surface area (Å²) < 4.78 is 1.26. The standard InChI is InChI=1S/C22H22N4O2/c1-2-3-10-28-26-21(27)12-20(19-14-23-15-25-22(19)26)24-13-16-8-9-17-6-4-5-7-18(17)11-16/h4-9,11-12,14-15,24H,2-3,10,13H2,1H3. The average molecular weight is 374 g/mol. The smallest absolute Gasteiger partial charge is 0.287 e. The third-order valence-electron chi connectivity index (χ3n) is 4.66. The van der Waals surface area contributed by atoms with Crippen LogP contribution < -0.4 is 15.7 Å². The van der Waals surface area contributed by atoms with Gasteiger partial charge in [-0.25, -0.2) is 9.97 Å². The van der Waals surface area contributed by atoms with Crippen LogP contribution in [0.4, 0.5) is 5.69 Å². The lowest BCUT2D eigenvalue weighted by Crippen LogP contribution is -2.28. The van der Waals surface area contributed by atoms with Crippen LogP contribution in [0, 0.1) is 0 Å². The van der Waals surface area contributed by atoms with Gasteiger partial charge < -0.3 is 10.2 Å². The van der Waals surface area contributed by atoms with Crippen molar-refractivity contribution in [1.29, 1.82) is 0 Å². The lowest BCUT2D eigenvalue weighted by Gasteiger charge is -2.14. The summed E-state index contributed by atoms with van der Waals surface area (Å²) in [4.78, 5) is 26.6. The van der Waals surface area contributed by atoms with Gasteiger partial charge in [-0.05, 0) is 28.8 Å². The van der Waals surface area contributed by atoms with Crippen LogP contribution in [0.25, 0.3) is 21.8 Å². The van der Waals surface area contributed by atoms with Crippen LogP contribution in [-0.2, 0) is 6.54 Å². The van der Waals surface area contributed by atoms with Crippen molar-refractivity contribution in [2.45, 2.75) is 26.3 Å². The molecule has 2 aromatic carbocycles. The molecule has 6 heteroatoms. The highest BCUT2D eigenvalue weighted by atomic mass is 16.7. The van der Waals surface area contributed by atoms with Gasteiger partial charge in [-0.15, -0.1) is 4.73 Å². The molecule has 0 saturated heterocycles. The van der Waals surface area contributed by atoms with Gasteiger partial charge in [-0.2, -0.15) is 0 Å². The predicted octanol–water partition coefficient (Wildman–Crippen LogP) is 3.79. The van der Waals surface area contributed by atoms with Gasteiger partial charge in [0.05, 0.1) is 11.1 Å². The Morgan fingerprint density at radius 3 is 2.82 bits per heavy atom. The number of hydrogen-bond acceptors (Lipinski definition) is 5. The van der Waals surface area contributed by atoms with Crippen molar-refractivity contribution in [1.82, 2.24) is 14.7 Å². The molecular formula is C22H22N4O2. The number of anilines is 1. The number of pyridine rings is 1. The van der Waals surface area contributed by atoms with Gasteiger partial charge in [0.2, 0.25) is 0 Å². The minimum Gasteiger partial charge on any atom is -0.409 e. The second-order valence-electron chi connectivity index (χ2n) is 6.67. The first kappa shape index (κ1) is 18.0. The molecule has 6 nitrogen and oxygen atoms in total. The minimum absolute atomic E-state index is 0.247. The van der Waals surface area contributed by atoms with Crippen molar-refractivity contribution >= 4 is 27.5 Å². The molecule has 0 amide bonds. The predicted molar refractivity (Wildman–Crippen MR) is 111 cm³/mol. The summed E-state index contributed by atoms with van der Waals surface area (Å²) >= 11 is 0. The van der Waals surface area contributed by atoms with E-state index in [1.165, 1.54) is 21.8 Å². The van der Waals surface area contributed by atoms with Crippen LogP contribution in [0.5, 0.6) is 0 Å². The third-order valence-corrected chi connectivity index (χ3v) is 4.66. The number of hydrogen-bond donors (Lipinski definition) is 1. The Bertz CT molecular complexity index is 1170. The molecule has 0 radical (unpaired) electrons. The van der Waals surface area contributed by atoms with Crippen molar-refractivity contribution in [3.8, 4) is 0 Å². The van der Waals surface area contributed by atoms with Crippen molar-refractivity contribution in [3.05, 3.63) is 77.0 Å². The molecule has 0 aliphatic heterocycles. The molecule has 2 heterocycles. The summed E-state index contributed by atoms with van der Waals surface area (Å²) in [6, 6.07) is 16.1. The zero-order chi connectivity index (χ0) is 19.3. The van der Waals surface area contributed by atoms with Crippen LogP contribution in [0.2, 0.25) is 0 Å². The van der Waals surface area contributed by atoms with Crippen LogP contribution in [0.15, 0.2) is 65.8 Å². The number of nitrogens with one attached hydrogen (secondary N) is 1. The molecule has 28 heavy (non-hydrogen) atoms. The topological polar surface area (TPSA) is 69.0 Å². The Labute approximate surface area is 162 Å².